The number of ketones is 1. The van der Waals surface area contributed by atoms with Crippen LogP contribution < -0.4 is 26.6 Å². The first kappa shape index (κ1) is 66.8. The van der Waals surface area contributed by atoms with Gasteiger partial charge >= 0.3 is 17.9 Å². The minimum atomic E-state index is -2.63. The molecule has 4 fully saturated rings. The van der Waals surface area contributed by atoms with Crippen molar-refractivity contribution in [1.82, 2.24) is 36.4 Å². The van der Waals surface area contributed by atoms with E-state index in [-0.39, 0.29) is 83.3 Å². The molecule has 24 nitrogen and oxygen atoms in total. The monoisotopic (exact) mass is 1190 g/mol. The second kappa shape index (κ2) is 32.3. The molecule has 24 heteroatoms. The molecule has 2 aromatic rings. The van der Waals surface area contributed by atoms with Gasteiger partial charge in [-0.25, -0.2) is 4.79 Å². The molecule has 1 aliphatic carbocycles. The molecule has 4 aliphatic rings. The predicted octanol–water partition coefficient (Wildman–Crippen LogP) is 1.89. The lowest BCUT2D eigenvalue weighted by atomic mass is 9.78. The third kappa shape index (κ3) is 19.6. The molecule has 3 saturated heterocycles. The maximum Gasteiger partial charge on any atom is 0.329 e. The summed E-state index contributed by atoms with van der Waals surface area (Å²) >= 11 is 0. The molecular formula is C61H85N7O17. The fourth-order valence-electron chi connectivity index (χ4n) is 11.4. The maximum atomic E-state index is 14.5. The molecule has 6 rings (SSSR count). The Balaban J connectivity index is 1.23. The summed E-state index contributed by atoms with van der Waals surface area (Å²) in [5.41, 5.74) is 1.38. The maximum absolute atomic E-state index is 14.5. The van der Waals surface area contributed by atoms with E-state index in [1.54, 1.807) is 67.6 Å². The van der Waals surface area contributed by atoms with E-state index >= 15 is 0 Å². The number of rotatable bonds is 12. The molecule has 85 heavy (non-hydrogen) atoms. The number of fused-ring (bicyclic) bond motifs is 3. The molecule has 12 atom stereocenters. The quantitative estimate of drug-likeness (QED) is 0.100. The summed E-state index contributed by atoms with van der Waals surface area (Å²) in [5.74, 6) is -12.2. The highest BCUT2D eigenvalue weighted by atomic mass is 16.6. The highest BCUT2D eigenvalue weighted by Crippen LogP contribution is 2.37. The first-order chi connectivity index (χ1) is 40.6. The Morgan fingerprint density at radius 2 is 1.36 bits per heavy atom. The van der Waals surface area contributed by atoms with Gasteiger partial charge in [0, 0.05) is 59.0 Å². The smallest absolute Gasteiger partial charge is 0.329 e. The number of carbonyl (C=O) groups excluding carboxylic acids is 11. The van der Waals surface area contributed by atoms with Gasteiger partial charge in [0.05, 0.1) is 45.1 Å². The largest absolute Gasteiger partial charge is 0.469 e. The van der Waals surface area contributed by atoms with Crippen LogP contribution in [-0.2, 0) is 89.3 Å². The molecule has 3 aliphatic heterocycles. The fourth-order valence-corrected chi connectivity index (χ4v) is 11.4. The average Bonchev–Trinajstić information content (AvgIpc) is 1.32. The summed E-state index contributed by atoms with van der Waals surface area (Å²) in [4.78, 5) is 153. The normalized spacial score (nSPS) is 29.2. The number of esters is 3. The molecule has 0 radical (unpaired) electrons. The van der Waals surface area contributed by atoms with Crippen molar-refractivity contribution in [2.24, 2.45) is 17.8 Å². The van der Waals surface area contributed by atoms with Crippen molar-refractivity contribution in [1.29, 1.82) is 0 Å². The number of nitrogens with zero attached hydrogens (tertiary/aromatic N) is 2. The third-order valence-electron chi connectivity index (χ3n) is 16.5. The number of hydrogen-bond donors (Lipinski definition) is 6. The van der Waals surface area contributed by atoms with E-state index in [1.165, 1.54) is 28.2 Å². The number of methoxy groups -OCH3 is 2. The van der Waals surface area contributed by atoms with Crippen LogP contribution in [-0.4, -0.2) is 182 Å². The highest BCUT2D eigenvalue weighted by Gasteiger charge is 2.53. The predicted molar refractivity (Wildman–Crippen MR) is 305 cm³/mol. The summed E-state index contributed by atoms with van der Waals surface area (Å²) in [6.45, 7) is 4.20. The highest BCUT2D eigenvalue weighted by molar-refractivity contribution is 6.39. The molecular weight excluding hydrogens is 1100 g/mol. The van der Waals surface area contributed by atoms with Crippen LogP contribution in [0.25, 0.3) is 0 Å². The number of ether oxygens (including phenoxy) is 5. The van der Waals surface area contributed by atoms with E-state index in [2.05, 4.69) is 31.3 Å². The van der Waals surface area contributed by atoms with Crippen LogP contribution in [0.15, 0.2) is 60.7 Å². The van der Waals surface area contributed by atoms with E-state index in [4.69, 9.17) is 18.9 Å². The van der Waals surface area contributed by atoms with Gasteiger partial charge in [-0.3, -0.25) is 47.9 Å². The molecule has 1 saturated carbocycles. The lowest BCUT2D eigenvalue weighted by Crippen LogP contribution is -2.60. The Kier molecular flexibility index (Phi) is 25.4. The van der Waals surface area contributed by atoms with Gasteiger partial charge in [-0.15, -0.1) is 0 Å². The minimum Gasteiger partial charge on any atom is -0.469 e. The standard InChI is InChI=1S/C61H85N7O17/c1-37(31-42-21-24-47(49(34-42)81-5)83-54(73)27-26-53(72)82-6)48-35-51(70)62-28-29-63-52(71)36-67(4)58(77)45(33-41-17-11-8-12-18-41)66-57(76)44(32-40-15-9-7-10-16-40)65-56(75)39(3)64-50(69)25-23-43-22-20-38(2)61(80,85-43)55(74)59(78)68-30-14-13-19-46(68)60(79)84-48/h7-12,15-18,37-39,42-49,80H,13-14,19-36H2,1-6H3,(H,62,70)(H,63,71)(H,64,69)(H,65,75)(H,66,76)/t37-,38-,39+,42-,43-,44+,45+,46+,47-,48-,49-,61-/m1/s1. The Labute approximate surface area is 496 Å². The summed E-state index contributed by atoms with van der Waals surface area (Å²) in [6.07, 6.45) is -0.454. The van der Waals surface area contributed by atoms with Gasteiger partial charge in [-0.2, -0.15) is 0 Å². The zero-order valence-electron chi connectivity index (χ0n) is 49.6. The molecule has 2 aromatic carbocycles. The number of hydrogen-bond acceptors (Lipinski definition) is 17. The number of amides is 7. The van der Waals surface area contributed by atoms with Crippen molar-refractivity contribution in [3.63, 3.8) is 0 Å². The fraction of sp³-hybridized carbons (Fsp3) is 0.623. The molecule has 2 bridgehead atoms. The first-order valence-corrected chi connectivity index (χ1v) is 29.6. The van der Waals surface area contributed by atoms with Crippen molar-refractivity contribution in [3.8, 4) is 0 Å². The number of nitrogens with one attached hydrogen (secondary N) is 5. The van der Waals surface area contributed by atoms with Crippen LogP contribution in [0.2, 0.25) is 0 Å². The zero-order valence-corrected chi connectivity index (χ0v) is 49.6. The number of aliphatic hydroxyl groups is 1. The van der Waals surface area contributed by atoms with Crippen molar-refractivity contribution in [2.45, 2.75) is 178 Å². The van der Waals surface area contributed by atoms with E-state index in [0.717, 1.165) is 9.80 Å². The summed E-state index contributed by atoms with van der Waals surface area (Å²) in [7, 11) is 4.13. The van der Waals surface area contributed by atoms with Gasteiger partial charge in [0.1, 0.15) is 36.4 Å². The van der Waals surface area contributed by atoms with Gasteiger partial charge in [0.25, 0.3) is 11.7 Å². The van der Waals surface area contributed by atoms with Gasteiger partial charge in [-0.05, 0) is 94.1 Å². The number of Topliss-reactive ketones (excluding diaryl/α,β-unsaturated/α-hetero) is 1. The minimum absolute atomic E-state index is 0.00372. The van der Waals surface area contributed by atoms with E-state index in [9.17, 15) is 57.8 Å². The van der Waals surface area contributed by atoms with Crippen molar-refractivity contribution < 1.29 is 81.5 Å². The second-order valence-electron chi connectivity index (χ2n) is 22.9. The van der Waals surface area contributed by atoms with Gasteiger partial charge in [-0.1, -0.05) is 74.5 Å². The van der Waals surface area contributed by atoms with Crippen LogP contribution in [0.3, 0.4) is 0 Å². The average molecular weight is 1190 g/mol. The topological polar surface area (TPSA) is 321 Å². The Bertz CT molecular complexity index is 2660. The number of cyclic esters (lactones) is 1. The SMILES string of the molecule is COC(=O)CCC(=O)O[C@@H]1CC[C@H](C[C@@H](C)[C@H]2CC(=O)NCCNC(=O)CN(C)C(=O)[C@H](Cc3ccccc3)NC(=O)[C@H](Cc3ccccc3)NC(=O)[C@H](C)NC(=O)CC[C@H]3CC[C@@H](C)[C@@](O)(O3)C(=O)C(=O)N3CCCC[C@H]3C(=O)O2)C[C@H]1OC. The van der Waals surface area contributed by atoms with Crippen LogP contribution in [0.4, 0.5) is 0 Å². The van der Waals surface area contributed by atoms with E-state index in [0.29, 0.717) is 56.1 Å². The molecule has 3 heterocycles. The first-order valence-electron chi connectivity index (χ1n) is 29.6. The van der Waals surface area contributed by atoms with E-state index < -0.39 is 138 Å². The third-order valence-corrected chi connectivity index (χ3v) is 16.5. The molecule has 7 amide bonds. The second-order valence-corrected chi connectivity index (χ2v) is 22.9. The Hall–Kier alpha value is -7.31. The number of likely N-dealkylation sites (N-methyl/N-ethyl adjacent to an activating group) is 1. The zero-order chi connectivity index (χ0) is 61.8. The number of benzene rings is 2. The lowest BCUT2D eigenvalue weighted by Gasteiger charge is -2.42. The summed E-state index contributed by atoms with van der Waals surface area (Å²) in [5, 5.41) is 25.6. The Morgan fingerprint density at radius 1 is 0.729 bits per heavy atom. The number of piperidine rings is 1. The van der Waals surface area contributed by atoms with Crippen molar-refractivity contribution in [2.75, 3.05) is 47.4 Å². The van der Waals surface area contributed by atoms with Gasteiger partial charge in [0.2, 0.25) is 41.2 Å². The van der Waals surface area contributed by atoms with Crippen molar-refractivity contribution >= 4 is 65.0 Å². The molecule has 0 spiro atoms. The van der Waals surface area contributed by atoms with Crippen LogP contribution >= 0.6 is 0 Å². The van der Waals surface area contributed by atoms with Crippen molar-refractivity contribution in [3.05, 3.63) is 71.8 Å². The lowest BCUT2D eigenvalue weighted by molar-refractivity contribution is -0.263. The molecule has 6 N–H and O–H groups in total. The molecule has 0 aromatic heterocycles. The molecule has 466 valence electrons. The van der Waals surface area contributed by atoms with Gasteiger partial charge < -0.3 is 65.2 Å². The summed E-state index contributed by atoms with van der Waals surface area (Å²) in [6, 6.07) is 12.9. The van der Waals surface area contributed by atoms with E-state index in [1.807, 2.05) is 6.92 Å². The van der Waals surface area contributed by atoms with Crippen LogP contribution in [0.1, 0.15) is 122 Å². The van der Waals surface area contributed by atoms with Gasteiger partial charge in [0.15, 0.2) is 0 Å². The molecule has 0 unspecified atom stereocenters. The van der Waals surface area contributed by atoms with Crippen LogP contribution in [0.5, 0.6) is 0 Å². The number of carbonyl (C=O) groups is 11. The van der Waals surface area contributed by atoms with Crippen LogP contribution in [0, 0.1) is 17.8 Å². The summed E-state index contributed by atoms with van der Waals surface area (Å²) < 4.78 is 28.3. The Morgan fingerprint density at radius 3 is 2.02 bits per heavy atom.